The Morgan fingerprint density at radius 2 is 1.71 bits per heavy atom. The maximum absolute atomic E-state index is 13.8. The number of amides is 1. The number of carbonyl (C=O) groups is 1. The van der Waals surface area contributed by atoms with E-state index in [4.69, 9.17) is 5.73 Å². The van der Waals surface area contributed by atoms with E-state index in [1.165, 1.54) is 12.1 Å². The van der Waals surface area contributed by atoms with Gasteiger partial charge in [-0.3, -0.25) is 4.79 Å². The third-order valence-electron chi connectivity index (χ3n) is 3.92. The quantitative estimate of drug-likeness (QED) is 0.855. The van der Waals surface area contributed by atoms with Gasteiger partial charge in [0.1, 0.15) is 11.6 Å². The Bertz CT molecular complexity index is 682. The lowest BCUT2D eigenvalue weighted by atomic mass is 9.94. The van der Waals surface area contributed by atoms with E-state index < -0.39 is 29.6 Å². The summed E-state index contributed by atoms with van der Waals surface area (Å²) in [6.07, 6.45) is 0. The first-order valence-electron chi connectivity index (χ1n) is 7.46. The van der Waals surface area contributed by atoms with E-state index in [1.54, 1.807) is 13.8 Å². The molecule has 3 N–H and O–H groups in total. The summed E-state index contributed by atoms with van der Waals surface area (Å²) in [6, 6.07) is 11.6. The fourth-order valence-corrected chi connectivity index (χ4v) is 2.40. The summed E-state index contributed by atoms with van der Waals surface area (Å²) >= 11 is 0. The smallest absolute Gasteiger partial charge is 0.225 e. The van der Waals surface area contributed by atoms with Gasteiger partial charge < -0.3 is 11.1 Å². The number of rotatable bonds is 5. The van der Waals surface area contributed by atoms with Crippen LogP contribution in [0.5, 0.6) is 0 Å². The minimum absolute atomic E-state index is 0. The molecule has 0 aliphatic heterocycles. The van der Waals surface area contributed by atoms with Crippen molar-refractivity contribution >= 4 is 18.3 Å². The summed E-state index contributed by atoms with van der Waals surface area (Å²) in [4.78, 5) is 12.3. The highest BCUT2D eigenvalue weighted by atomic mass is 35.5. The molecule has 0 heterocycles. The zero-order chi connectivity index (χ0) is 17.0. The Morgan fingerprint density at radius 3 is 2.29 bits per heavy atom. The minimum atomic E-state index is -0.683. The molecule has 0 saturated carbocycles. The Kier molecular flexibility index (Phi) is 7.32. The zero-order valence-corrected chi connectivity index (χ0v) is 14.3. The molecule has 0 bridgehead atoms. The molecule has 0 aliphatic rings. The predicted molar refractivity (Wildman–Crippen MR) is 92.7 cm³/mol. The van der Waals surface area contributed by atoms with Crippen molar-refractivity contribution in [1.29, 1.82) is 0 Å². The summed E-state index contributed by atoms with van der Waals surface area (Å²) in [5.41, 5.74) is 7.21. The summed E-state index contributed by atoms with van der Waals surface area (Å²) in [5.74, 6) is -2.09. The van der Waals surface area contributed by atoms with Crippen LogP contribution in [0.4, 0.5) is 8.78 Å². The van der Waals surface area contributed by atoms with Crippen molar-refractivity contribution in [3.8, 4) is 0 Å². The lowest BCUT2D eigenvalue weighted by Crippen LogP contribution is -2.37. The predicted octanol–water partition coefficient (Wildman–Crippen LogP) is 3.90. The molecule has 3 unspecified atom stereocenters. The van der Waals surface area contributed by atoms with Gasteiger partial charge in [-0.05, 0) is 18.6 Å². The van der Waals surface area contributed by atoms with Gasteiger partial charge in [-0.25, -0.2) is 8.78 Å². The number of halogens is 3. The van der Waals surface area contributed by atoms with Crippen LogP contribution in [0.25, 0.3) is 0 Å². The molecule has 2 rings (SSSR count). The number of hydrogen-bond donors (Lipinski definition) is 2. The molecule has 2 aromatic carbocycles. The Hall–Kier alpha value is -1.98. The molecule has 0 aliphatic carbocycles. The SMILES string of the molecule is CC(NC(=O)C(C)C(N)c1ccccc1)c1ccc(F)cc1F.Cl. The summed E-state index contributed by atoms with van der Waals surface area (Å²) in [6.45, 7) is 3.37. The molecule has 0 fully saturated rings. The Balaban J connectivity index is 0.00000288. The summed E-state index contributed by atoms with van der Waals surface area (Å²) < 4.78 is 26.7. The van der Waals surface area contributed by atoms with Crippen LogP contribution in [0.1, 0.15) is 37.1 Å². The van der Waals surface area contributed by atoms with Gasteiger partial charge in [-0.1, -0.05) is 43.3 Å². The van der Waals surface area contributed by atoms with Crippen LogP contribution >= 0.6 is 12.4 Å². The Labute approximate surface area is 146 Å². The number of nitrogens with two attached hydrogens (primary N) is 1. The van der Waals surface area contributed by atoms with Crippen LogP contribution in [0.15, 0.2) is 48.5 Å². The van der Waals surface area contributed by atoms with Crippen molar-refractivity contribution in [2.45, 2.75) is 25.9 Å². The fraction of sp³-hybridized carbons (Fsp3) is 0.278. The maximum Gasteiger partial charge on any atom is 0.225 e. The third kappa shape index (κ3) is 4.76. The standard InChI is InChI=1S/C18H20F2N2O.ClH/c1-11(17(21)13-6-4-3-5-7-13)18(23)22-12(2)15-9-8-14(19)10-16(15)20;/h3-12,17H,21H2,1-2H3,(H,22,23);1H. The van der Waals surface area contributed by atoms with E-state index in [1.807, 2.05) is 30.3 Å². The highest BCUT2D eigenvalue weighted by Gasteiger charge is 2.24. The normalized spacial score (nSPS) is 14.2. The summed E-state index contributed by atoms with van der Waals surface area (Å²) in [7, 11) is 0. The molecule has 0 saturated heterocycles. The second-order valence-electron chi connectivity index (χ2n) is 5.62. The van der Waals surface area contributed by atoms with Crippen LogP contribution in [-0.4, -0.2) is 5.91 Å². The van der Waals surface area contributed by atoms with E-state index in [2.05, 4.69) is 5.32 Å². The number of benzene rings is 2. The van der Waals surface area contributed by atoms with Gasteiger partial charge in [0, 0.05) is 17.7 Å². The molecule has 24 heavy (non-hydrogen) atoms. The topological polar surface area (TPSA) is 55.1 Å². The number of carbonyl (C=O) groups excluding carboxylic acids is 1. The van der Waals surface area contributed by atoms with Gasteiger partial charge in [0.15, 0.2) is 0 Å². The minimum Gasteiger partial charge on any atom is -0.349 e. The van der Waals surface area contributed by atoms with Crippen LogP contribution in [0.2, 0.25) is 0 Å². The molecular weight excluding hydrogens is 334 g/mol. The molecule has 130 valence electrons. The van der Waals surface area contributed by atoms with E-state index in [0.717, 1.165) is 11.6 Å². The van der Waals surface area contributed by atoms with Gasteiger partial charge >= 0.3 is 0 Å². The lowest BCUT2D eigenvalue weighted by molar-refractivity contribution is -0.125. The van der Waals surface area contributed by atoms with Gasteiger partial charge in [-0.15, -0.1) is 12.4 Å². The van der Waals surface area contributed by atoms with Crippen molar-refractivity contribution in [2.75, 3.05) is 0 Å². The lowest BCUT2D eigenvalue weighted by Gasteiger charge is -2.22. The van der Waals surface area contributed by atoms with E-state index in [0.29, 0.717) is 0 Å². The average molecular weight is 355 g/mol. The monoisotopic (exact) mass is 354 g/mol. The molecule has 6 heteroatoms. The van der Waals surface area contributed by atoms with Crippen molar-refractivity contribution in [3.05, 3.63) is 71.3 Å². The molecular formula is C18H21ClF2N2O. The summed E-state index contributed by atoms with van der Waals surface area (Å²) in [5, 5.41) is 2.73. The first-order chi connectivity index (χ1) is 10.9. The number of hydrogen-bond acceptors (Lipinski definition) is 2. The van der Waals surface area contributed by atoms with Gasteiger partial charge in [0.2, 0.25) is 5.91 Å². The van der Waals surface area contributed by atoms with Crippen LogP contribution in [-0.2, 0) is 4.79 Å². The molecule has 3 atom stereocenters. The van der Waals surface area contributed by atoms with E-state index in [-0.39, 0.29) is 23.9 Å². The van der Waals surface area contributed by atoms with E-state index in [9.17, 15) is 13.6 Å². The highest BCUT2D eigenvalue weighted by molar-refractivity contribution is 5.85. The zero-order valence-electron chi connectivity index (χ0n) is 13.5. The maximum atomic E-state index is 13.8. The average Bonchev–Trinajstić information content (AvgIpc) is 2.54. The largest absolute Gasteiger partial charge is 0.349 e. The second kappa shape index (κ2) is 8.76. The highest BCUT2D eigenvalue weighted by Crippen LogP contribution is 2.22. The molecule has 3 nitrogen and oxygen atoms in total. The van der Waals surface area contributed by atoms with Crippen LogP contribution < -0.4 is 11.1 Å². The van der Waals surface area contributed by atoms with Gasteiger partial charge in [-0.2, -0.15) is 0 Å². The third-order valence-corrected chi connectivity index (χ3v) is 3.92. The van der Waals surface area contributed by atoms with Crippen molar-refractivity contribution in [3.63, 3.8) is 0 Å². The van der Waals surface area contributed by atoms with Crippen molar-refractivity contribution < 1.29 is 13.6 Å². The Morgan fingerprint density at radius 1 is 1.08 bits per heavy atom. The van der Waals surface area contributed by atoms with Crippen LogP contribution in [0.3, 0.4) is 0 Å². The van der Waals surface area contributed by atoms with Crippen molar-refractivity contribution in [2.24, 2.45) is 11.7 Å². The molecule has 1 amide bonds. The van der Waals surface area contributed by atoms with Gasteiger partial charge in [0.25, 0.3) is 0 Å². The van der Waals surface area contributed by atoms with E-state index >= 15 is 0 Å². The molecule has 2 aromatic rings. The molecule has 0 aromatic heterocycles. The first-order valence-corrected chi connectivity index (χ1v) is 7.46. The van der Waals surface area contributed by atoms with Crippen molar-refractivity contribution in [1.82, 2.24) is 5.32 Å². The molecule has 0 radical (unpaired) electrons. The van der Waals surface area contributed by atoms with Gasteiger partial charge in [0.05, 0.1) is 12.0 Å². The van der Waals surface area contributed by atoms with Crippen LogP contribution in [0, 0.1) is 17.6 Å². The fourth-order valence-electron chi connectivity index (χ4n) is 2.40. The first kappa shape index (κ1) is 20.1. The number of nitrogens with one attached hydrogen (secondary N) is 1. The molecule has 0 spiro atoms. The second-order valence-corrected chi connectivity index (χ2v) is 5.62.